The molecule has 0 radical (unpaired) electrons. The van der Waals surface area contributed by atoms with E-state index in [2.05, 4.69) is 15.4 Å². The molecule has 1 N–H and O–H groups in total. The predicted octanol–water partition coefficient (Wildman–Crippen LogP) is 2.49. The Kier molecular flexibility index (Phi) is 4.55. The summed E-state index contributed by atoms with van der Waals surface area (Å²) < 4.78 is 40.5. The third kappa shape index (κ3) is 3.58. The Morgan fingerprint density at radius 1 is 1.25 bits per heavy atom. The molecule has 2 aromatic rings. The van der Waals surface area contributed by atoms with Gasteiger partial charge in [0.25, 0.3) is 0 Å². The zero-order chi connectivity index (χ0) is 17.2. The molecule has 8 heteroatoms. The second-order valence-electron chi connectivity index (χ2n) is 5.73. The molecule has 0 aliphatic heterocycles. The molecule has 0 bridgehead atoms. The zero-order valence-electron chi connectivity index (χ0n) is 12.9. The average Bonchev–Trinajstić information content (AvgIpc) is 2.93. The molecule has 128 valence electrons. The van der Waals surface area contributed by atoms with Crippen molar-refractivity contribution < 1.29 is 18.0 Å². The van der Waals surface area contributed by atoms with Crippen molar-refractivity contribution in [3.05, 3.63) is 47.0 Å². The van der Waals surface area contributed by atoms with Crippen molar-refractivity contribution in [1.29, 1.82) is 0 Å². The number of hydrogen-bond donors (Lipinski definition) is 1. The van der Waals surface area contributed by atoms with Crippen LogP contribution in [0.25, 0.3) is 0 Å². The number of hydrogen-bond acceptors (Lipinski definition) is 3. The summed E-state index contributed by atoms with van der Waals surface area (Å²) in [5.74, 6) is -0.384. The molecular formula is C16H17F3N4O. The lowest BCUT2D eigenvalue weighted by molar-refractivity contribution is -0.142. The van der Waals surface area contributed by atoms with Crippen molar-refractivity contribution in [2.45, 2.75) is 44.9 Å². The smallest absolute Gasteiger partial charge is 0.349 e. The fourth-order valence-corrected chi connectivity index (χ4v) is 2.91. The first kappa shape index (κ1) is 16.5. The van der Waals surface area contributed by atoms with Crippen LogP contribution >= 0.6 is 0 Å². The van der Waals surface area contributed by atoms with E-state index in [0.29, 0.717) is 30.7 Å². The van der Waals surface area contributed by atoms with Crippen LogP contribution in [0.1, 0.15) is 35.5 Å². The first-order valence-corrected chi connectivity index (χ1v) is 7.77. The molecule has 1 aliphatic rings. The van der Waals surface area contributed by atoms with E-state index in [9.17, 15) is 18.0 Å². The molecule has 1 amide bonds. The number of fused-ring (bicyclic) bond motifs is 1. The van der Waals surface area contributed by atoms with Gasteiger partial charge in [0, 0.05) is 17.5 Å². The van der Waals surface area contributed by atoms with E-state index in [1.54, 1.807) is 24.4 Å². The summed E-state index contributed by atoms with van der Waals surface area (Å²) >= 11 is 0. The maximum Gasteiger partial charge on any atom is 0.435 e. The van der Waals surface area contributed by atoms with Crippen LogP contribution in [0, 0.1) is 0 Å². The fraction of sp³-hybridized carbons (Fsp3) is 0.438. The molecule has 0 aromatic carbocycles. The van der Waals surface area contributed by atoms with Crippen LogP contribution in [0.3, 0.4) is 0 Å². The number of carbonyl (C=O) groups is 1. The van der Waals surface area contributed by atoms with Crippen molar-refractivity contribution >= 4 is 5.91 Å². The third-order valence-corrected chi connectivity index (χ3v) is 4.01. The van der Waals surface area contributed by atoms with Crippen molar-refractivity contribution in [3.63, 3.8) is 0 Å². The number of halogens is 3. The Labute approximate surface area is 136 Å². The molecule has 0 atom stereocenters. The van der Waals surface area contributed by atoms with Gasteiger partial charge in [-0.3, -0.25) is 14.5 Å². The van der Waals surface area contributed by atoms with Crippen molar-refractivity contribution in [2.75, 3.05) is 0 Å². The summed E-state index contributed by atoms with van der Waals surface area (Å²) in [5.41, 5.74) is 0.604. The Balaban J connectivity index is 1.72. The minimum atomic E-state index is -4.49. The van der Waals surface area contributed by atoms with Gasteiger partial charge < -0.3 is 5.32 Å². The van der Waals surface area contributed by atoms with Gasteiger partial charge in [0.2, 0.25) is 5.91 Å². The maximum atomic E-state index is 13.1. The van der Waals surface area contributed by atoms with Crippen molar-refractivity contribution in [2.24, 2.45) is 0 Å². The van der Waals surface area contributed by atoms with Crippen LogP contribution in [0.2, 0.25) is 0 Å². The SMILES string of the molecule is O=C(Cn1nc(C(F)(F)F)c2c1CCCC2)NCc1ccccn1. The normalized spacial score (nSPS) is 14.3. The Morgan fingerprint density at radius 3 is 2.75 bits per heavy atom. The van der Waals surface area contributed by atoms with Gasteiger partial charge in [0.05, 0.1) is 12.2 Å². The number of carbonyl (C=O) groups excluding carboxylic acids is 1. The van der Waals surface area contributed by atoms with E-state index in [1.165, 1.54) is 4.68 Å². The lowest BCUT2D eigenvalue weighted by Crippen LogP contribution is -2.28. The highest BCUT2D eigenvalue weighted by Gasteiger charge is 2.39. The predicted molar refractivity (Wildman–Crippen MR) is 80.0 cm³/mol. The number of rotatable bonds is 4. The van der Waals surface area contributed by atoms with Gasteiger partial charge >= 0.3 is 6.18 Å². The van der Waals surface area contributed by atoms with Gasteiger partial charge in [0.15, 0.2) is 5.69 Å². The summed E-state index contributed by atoms with van der Waals surface area (Å²) in [4.78, 5) is 16.1. The Bertz CT molecular complexity index is 725. The molecule has 1 aliphatic carbocycles. The Hall–Kier alpha value is -2.38. The molecule has 24 heavy (non-hydrogen) atoms. The molecule has 2 heterocycles. The molecule has 3 rings (SSSR count). The van der Waals surface area contributed by atoms with Crippen molar-refractivity contribution in [3.8, 4) is 0 Å². The summed E-state index contributed by atoms with van der Waals surface area (Å²) in [6, 6.07) is 5.33. The number of nitrogens with zero attached hydrogens (tertiary/aromatic N) is 3. The quantitative estimate of drug-likeness (QED) is 0.932. The molecule has 0 spiro atoms. The van der Waals surface area contributed by atoms with E-state index >= 15 is 0 Å². The standard InChI is InChI=1S/C16H17F3N4O/c17-16(18,19)15-12-6-1-2-7-13(12)23(22-15)10-14(24)21-9-11-5-3-4-8-20-11/h3-5,8H,1-2,6-7,9-10H2,(H,21,24). The molecule has 0 fully saturated rings. The summed E-state index contributed by atoms with van der Waals surface area (Å²) in [6.07, 6.45) is -0.469. The number of amides is 1. The van der Waals surface area contributed by atoms with Crippen LogP contribution < -0.4 is 5.32 Å². The monoisotopic (exact) mass is 338 g/mol. The van der Waals surface area contributed by atoms with E-state index in [1.807, 2.05) is 0 Å². The Morgan fingerprint density at radius 2 is 2.04 bits per heavy atom. The van der Waals surface area contributed by atoms with Crippen LogP contribution in [0.5, 0.6) is 0 Å². The highest BCUT2D eigenvalue weighted by Crippen LogP contribution is 2.35. The number of alkyl halides is 3. The topological polar surface area (TPSA) is 59.8 Å². The highest BCUT2D eigenvalue weighted by molar-refractivity contribution is 5.75. The van der Waals surface area contributed by atoms with Gasteiger partial charge in [-0.2, -0.15) is 18.3 Å². The molecule has 2 aromatic heterocycles. The lowest BCUT2D eigenvalue weighted by Gasteiger charge is -2.14. The van der Waals surface area contributed by atoms with E-state index in [0.717, 1.165) is 6.42 Å². The first-order chi connectivity index (χ1) is 11.4. The number of pyridine rings is 1. The van der Waals surface area contributed by atoms with Gasteiger partial charge in [-0.25, -0.2) is 0 Å². The van der Waals surface area contributed by atoms with Gasteiger partial charge in [-0.15, -0.1) is 0 Å². The highest BCUT2D eigenvalue weighted by atomic mass is 19.4. The average molecular weight is 338 g/mol. The molecule has 0 saturated carbocycles. The minimum absolute atomic E-state index is 0.217. The van der Waals surface area contributed by atoms with Crippen LogP contribution in [0.4, 0.5) is 13.2 Å². The number of nitrogens with one attached hydrogen (secondary N) is 1. The minimum Gasteiger partial charge on any atom is -0.349 e. The maximum absolute atomic E-state index is 13.1. The first-order valence-electron chi connectivity index (χ1n) is 7.77. The van der Waals surface area contributed by atoms with E-state index < -0.39 is 11.9 Å². The lowest BCUT2D eigenvalue weighted by atomic mass is 9.95. The van der Waals surface area contributed by atoms with Crippen LogP contribution in [-0.2, 0) is 36.9 Å². The van der Waals surface area contributed by atoms with Gasteiger partial charge in [0.1, 0.15) is 6.54 Å². The third-order valence-electron chi connectivity index (χ3n) is 4.01. The second kappa shape index (κ2) is 6.62. The van der Waals surface area contributed by atoms with Crippen LogP contribution in [0.15, 0.2) is 24.4 Å². The molecule has 0 saturated heterocycles. The van der Waals surface area contributed by atoms with E-state index in [4.69, 9.17) is 0 Å². The summed E-state index contributed by atoms with van der Waals surface area (Å²) in [5, 5.41) is 6.33. The largest absolute Gasteiger partial charge is 0.435 e. The molecule has 0 unspecified atom stereocenters. The van der Waals surface area contributed by atoms with Gasteiger partial charge in [-0.05, 0) is 37.8 Å². The molecular weight excluding hydrogens is 321 g/mol. The zero-order valence-corrected chi connectivity index (χ0v) is 12.9. The van der Waals surface area contributed by atoms with Crippen LogP contribution in [-0.4, -0.2) is 20.7 Å². The van der Waals surface area contributed by atoms with E-state index in [-0.39, 0.29) is 24.6 Å². The second-order valence-corrected chi connectivity index (χ2v) is 5.73. The fourth-order valence-electron chi connectivity index (χ4n) is 2.91. The summed E-state index contributed by atoms with van der Waals surface area (Å²) in [7, 11) is 0. The van der Waals surface area contributed by atoms with Crippen molar-refractivity contribution in [1.82, 2.24) is 20.1 Å². The molecule has 5 nitrogen and oxygen atoms in total. The van der Waals surface area contributed by atoms with Gasteiger partial charge in [-0.1, -0.05) is 6.07 Å². The summed E-state index contributed by atoms with van der Waals surface area (Å²) in [6.45, 7) is 0.0144. The number of aromatic nitrogens is 3.